The average molecular weight is 585 g/mol. The normalized spacial score (nSPS) is 19.9. The molecule has 13 heteroatoms. The van der Waals surface area contributed by atoms with E-state index in [0.29, 0.717) is 46.6 Å². The van der Waals surface area contributed by atoms with Crippen LogP contribution in [0.5, 0.6) is 5.75 Å². The summed E-state index contributed by atoms with van der Waals surface area (Å²) in [4.78, 5) is 41.0. The summed E-state index contributed by atoms with van der Waals surface area (Å²) in [6.07, 6.45) is 7.14. The minimum Gasteiger partial charge on any atom is -0.494 e. The number of piperidine rings is 1. The maximum Gasteiger partial charge on any atom is 0.316 e. The van der Waals surface area contributed by atoms with Crippen LogP contribution in [0.1, 0.15) is 54.6 Å². The number of anilines is 1. The number of nitrogens with two attached hydrogens (primary N) is 3. The Balaban J connectivity index is 1.36. The van der Waals surface area contributed by atoms with Crippen LogP contribution in [0.25, 0.3) is 28.0 Å². The van der Waals surface area contributed by atoms with Gasteiger partial charge in [-0.3, -0.25) is 20.0 Å². The number of hydrogen-bond acceptors (Lipinski definition) is 7. The third-order valence-electron chi connectivity index (χ3n) is 8.37. The molecule has 2 saturated heterocycles. The number of ketones is 1. The summed E-state index contributed by atoms with van der Waals surface area (Å²) in [6, 6.07) is 8.15. The Morgan fingerprint density at radius 3 is 2.47 bits per heavy atom. The smallest absolute Gasteiger partial charge is 0.316 e. The Morgan fingerprint density at radius 1 is 1.14 bits per heavy atom. The fraction of sp³-hybridized carbons (Fsp3) is 0.300. The van der Waals surface area contributed by atoms with Crippen LogP contribution in [0, 0.1) is 5.82 Å². The zero-order chi connectivity index (χ0) is 30.4. The first-order valence-corrected chi connectivity index (χ1v) is 13.9. The second kappa shape index (κ2) is 10.9. The fourth-order valence-corrected chi connectivity index (χ4v) is 6.44. The third kappa shape index (κ3) is 4.76. The van der Waals surface area contributed by atoms with E-state index in [1.807, 2.05) is 6.07 Å². The van der Waals surface area contributed by atoms with Gasteiger partial charge in [-0.25, -0.2) is 9.37 Å². The van der Waals surface area contributed by atoms with Gasteiger partial charge >= 0.3 is 11.7 Å². The number of aromatic nitrogens is 4. The van der Waals surface area contributed by atoms with Crippen LogP contribution in [0.15, 0.2) is 47.7 Å². The van der Waals surface area contributed by atoms with Gasteiger partial charge in [0.25, 0.3) is 6.34 Å². The molecule has 6 rings (SSSR count). The third-order valence-corrected chi connectivity index (χ3v) is 8.37. The van der Waals surface area contributed by atoms with Gasteiger partial charge in [-0.1, -0.05) is 6.07 Å². The molecule has 0 aliphatic carbocycles. The van der Waals surface area contributed by atoms with Crippen LogP contribution in [0.4, 0.5) is 10.2 Å². The lowest BCUT2D eigenvalue weighted by Gasteiger charge is -2.38. The highest BCUT2D eigenvalue weighted by Crippen LogP contribution is 2.44. The molecule has 12 nitrogen and oxygen atoms in total. The van der Waals surface area contributed by atoms with Crippen LogP contribution in [0.3, 0.4) is 0 Å². The number of pyridine rings is 1. The molecule has 0 saturated carbocycles. The van der Waals surface area contributed by atoms with E-state index in [9.17, 15) is 14.0 Å². The summed E-state index contributed by atoms with van der Waals surface area (Å²) in [5.74, 6) is -0.920. The Morgan fingerprint density at radius 2 is 1.86 bits per heavy atom. The van der Waals surface area contributed by atoms with Gasteiger partial charge in [0, 0.05) is 40.9 Å². The molecule has 2 aliphatic heterocycles. The lowest BCUT2D eigenvalue weighted by molar-refractivity contribution is -0.128. The number of nitrogens with zero attached hydrogens (tertiary/aromatic N) is 6. The molecule has 220 valence electrons. The Kier molecular flexibility index (Phi) is 7.08. The first-order valence-electron chi connectivity index (χ1n) is 13.9. The SMILES string of the molecule is COc1ccc(-c2ccc(-c3cnn4c(N)c(C(C)=O)c(C5CC6CCC(C5)N6C(=O)C(N)=NC=[NH2+])nc34)cn2)cc1F. The second-order valence-corrected chi connectivity index (χ2v) is 10.8. The van der Waals surface area contributed by atoms with Gasteiger partial charge in [0.1, 0.15) is 5.82 Å². The second-order valence-electron chi connectivity index (χ2n) is 10.8. The number of Topliss-reactive ketones (excluding diaryl/α,β-unsaturated/α-hetero) is 1. The predicted molar refractivity (Wildman–Crippen MR) is 158 cm³/mol. The average Bonchev–Trinajstić information content (AvgIpc) is 3.54. The van der Waals surface area contributed by atoms with E-state index in [1.165, 1.54) is 24.6 Å². The van der Waals surface area contributed by atoms with Gasteiger partial charge in [-0.15, -0.1) is 0 Å². The number of rotatable bonds is 6. The van der Waals surface area contributed by atoms with Crippen LogP contribution in [0.2, 0.25) is 0 Å². The van der Waals surface area contributed by atoms with E-state index < -0.39 is 5.82 Å². The number of amides is 1. The maximum absolute atomic E-state index is 14.3. The van der Waals surface area contributed by atoms with Gasteiger partial charge in [0.05, 0.1) is 30.3 Å². The number of carbonyl (C=O) groups excluding carboxylic acids is 2. The van der Waals surface area contributed by atoms with Crippen molar-refractivity contribution in [2.75, 3.05) is 12.8 Å². The molecule has 2 unspecified atom stereocenters. The van der Waals surface area contributed by atoms with E-state index in [-0.39, 0.29) is 47.1 Å². The molecular weight excluding hydrogens is 553 g/mol. The number of fused-ring (bicyclic) bond motifs is 3. The molecule has 1 amide bonds. The molecule has 3 aromatic heterocycles. The van der Waals surface area contributed by atoms with Gasteiger partial charge in [0.2, 0.25) is 0 Å². The standard InChI is InChI=1S/C30H30FN9O3/c1-15(41)25-26(18-9-19-5-6-20(10-18)39(19)30(42)27(33)36-14-32)38-29-21(13-37-40(29)28(25)34)17-3-7-23(35-12-17)16-4-8-24(43-2)22(31)11-16/h3-4,7-8,11-14,18-20H,5-6,9-10,34H2,1-2H3,(H3,32,33,36)/p+1. The molecule has 6 N–H and O–H groups in total. The number of methoxy groups -OCH3 is 1. The fourth-order valence-electron chi connectivity index (χ4n) is 6.44. The highest BCUT2D eigenvalue weighted by atomic mass is 19.1. The maximum atomic E-state index is 14.3. The van der Waals surface area contributed by atoms with Crippen LogP contribution in [-0.2, 0) is 4.79 Å². The van der Waals surface area contributed by atoms with Gasteiger partial charge in [-0.05, 0) is 61.9 Å². The Labute approximate surface area is 246 Å². The number of nitrogen functional groups attached to an aromatic ring is 1. The Bertz CT molecular complexity index is 1790. The van der Waals surface area contributed by atoms with Crippen molar-refractivity contribution in [1.29, 1.82) is 0 Å². The van der Waals surface area contributed by atoms with E-state index in [4.69, 9.17) is 26.6 Å². The minimum absolute atomic E-state index is 0.0780. The van der Waals surface area contributed by atoms with Crippen LogP contribution >= 0.6 is 0 Å². The molecule has 5 heterocycles. The van der Waals surface area contributed by atoms with E-state index in [0.717, 1.165) is 24.7 Å². The van der Waals surface area contributed by atoms with Crippen molar-refractivity contribution in [3.05, 3.63) is 59.8 Å². The zero-order valence-electron chi connectivity index (χ0n) is 23.7. The molecule has 0 radical (unpaired) electrons. The number of amidine groups is 1. The molecule has 2 fully saturated rings. The van der Waals surface area contributed by atoms with E-state index in [2.05, 4.69) is 15.1 Å². The van der Waals surface area contributed by atoms with Crippen molar-refractivity contribution in [3.8, 4) is 28.1 Å². The number of halogens is 1. The quantitative estimate of drug-likeness (QED) is 0.174. The van der Waals surface area contributed by atoms with Crippen molar-refractivity contribution in [2.45, 2.75) is 50.6 Å². The molecule has 2 atom stereocenters. The Hall–Kier alpha value is -5.20. The molecule has 1 aromatic carbocycles. The van der Waals surface area contributed by atoms with Gasteiger partial charge in [0.15, 0.2) is 23.0 Å². The van der Waals surface area contributed by atoms with Gasteiger partial charge in [-0.2, -0.15) is 9.61 Å². The molecule has 4 aromatic rings. The number of hydrogen-bond donors (Lipinski definition) is 3. The van der Waals surface area contributed by atoms with Gasteiger partial charge < -0.3 is 21.1 Å². The summed E-state index contributed by atoms with van der Waals surface area (Å²) in [7, 11) is 1.41. The van der Waals surface area contributed by atoms with Crippen molar-refractivity contribution < 1.29 is 24.1 Å². The monoisotopic (exact) mass is 584 g/mol. The molecule has 0 spiro atoms. The summed E-state index contributed by atoms with van der Waals surface area (Å²) >= 11 is 0. The largest absolute Gasteiger partial charge is 0.494 e. The lowest BCUT2D eigenvalue weighted by Crippen LogP contribution is -2.51. The molecule has 2 bridgehead atoms. The lowest BCUT2D eigenvalue weighted by atomic mass is 9.85. The minimum atomic E-state index is -0.476. The summed E-state index contributed by atoms with van der Waals surface area (Å²) < 4.78 is 20.7. The molecule has 43 heavy (non-hydrogen) atoms. The summed E-state index contributed by atoms with van der Waals surface area (Å²) in [5.41, 5.74) is 16.4. The zero-order valence-corrected chi connectivity index (χ0v) is 23.7. The summed E-state index contributed by atoms with van der Waals surface area (Å²) in [6.45, 7) is 1.46. The summed E-state index contributed by atoms with van der Waals surface area (Å²) in [5, 5.41) is 9.78. The number of ether oxygens (including phenoxy) is 1. The first-order chi connectivity index (χ1) is 20.7. The van der Waals surface area contributed by atoms with Crippen molar-refractivity contribution in [1.82, 2.24) is 24.5 Å². The van der Waals surface area contributed by atoms with Crippen LogP contribution in [-0.4, -0.2) is 67.5 Å². The van der Waals surface area contributed by atoms with Crippen LogP contribution < -0.4 is 21.6 Å². The number of benzene rings is 1. The number of carbonyl (C=O) groups is 2. The van der Waals surface area contributed by atoms with Crippen molar-refractivity contribution >= 4 is 35.3 Å². The molecular formula is C30H31FN9O3+. The van der Waals surface area contributed by atoms with Crippen molar-refractivity contribution in [3.63, 3.8) is 0 Å². The van der Waals surface area contributed by atoms with Crippen molar-refractivity contribution in [2.24, 2.45) is 10.7 Å². The van der Waals surface area contributed by atoms with E-state index >= 15 is 0 Å². The molecule has 2 aliphatic rings. The predicted octanol–water partition coefficient (Wildman–Crippen LogP) is 1.77. The van der Waals surface area contributed by atoms with E-state index in [1.54, 1.807) is 35.5 Å². The number of aliphatic imine (C=N–C) groups is 1. The highest BCUT2D eigenvalue weighted by molar-refractivity contribution is 6.38. The topological polar surface area (TPSA) is 180 Å². The highest BCUT2D eigenvalue weighted by Gasteiger charge is 2.46. The first kappa shape index (κ1) is 27.9.